The van der Waals surface area contributed by atoms with Crippen molar-refractivity contribution in [2.24, 2.45) is 11.8 Å². The molecule has 4 atom stereocenters. The second-order valence-corrected chi connectivity index (χ2v) is 12.3. The Bertz CT molecular complexity index is 1440. The molecule has 3 aliphatic rings. The summed E-state index contributed by atoms with van der Waals surface area (Å²) < 4.78 is 11.0. The molecule has 6 heteroatoms. The minimum atomic E-state index is -0.331. The number of carbonyl (C=O) groups excluding carboxylic acids is 2. The monoisotopic (exact) mass is 541 g/mol. The fourth-order valence-corrected chi connectivity index (χ4v) is 8.88. The molecule has 0 spiro atoms. The van der Waals surface area contributed by atoms with E-state index in [1.807, 2.05) is 37.3 Å². The highest BCUT2D eigenvalue weighted by atomic mass is 32.1. The van der Waals surface area contributed by atoms with Gasteiger partial charge in [-0.15, -0.1) is 11.3 Å². The van der Waals surface area contributed by atoms with Crippen molar-refractivity contribution in [2.45, 2.75) is 57.3 Å². The molecule has 1 fully saturated rings. The molecule has 3 aromatic rings. The summed E-state index contributed by atoms with van der Waals surface area (Å²) in [5.41, 5.74) is 5.44. The zero-order chi connectivity index (χ0) is 27.1. The third-order valence-electron chi connectivity index (χ3n) is 9.22. The fraction of sp³-hybridized carbons (Fsp3) is 0.394. The van der Waals surface area contributed by atoms with Crippen molar-refractivity contribution in [3.05, 3.63) is 87.3 Å². The topological polar surface area (TPSA) is 64.6 Å². The Morgan fingerprint density at radius 1 is 1.15 bits per heavy atom. The molecule has 0 saturated heterocycles. The van der Waals surface area contributed by atoms with Crippen LogP contribution in [0, 0.1) is 11.8 Å². The molecule has 0 bridgehead atoms. The number of hydrogen-bond donors (Lipinski definition) is 1. The Morgan fingerprint density at radius 2 is 1.97 bits per heavy atom. The first-order valence-electron chi connectivity index (χ1n) is 14.0. The van der Waals surface area contributed by atoms with E-state index in [0.717, 1.165) is 49.0 Å². The zero-order valence-electron chi connectivity index (χ0n) is 22.8. The van der Waals surface area contributed by atoms with Crippen molar-refractivity contribution in [1.82, 2.24) is 0 Å². The van der Waals surface area contributed by atoms with Gasteiger partial charge < -0.3 is 14.8 Å². The van der Waals surface area contributed by atoms with E-state index in [9.17, 15) is 9.59 Å². The summed E-state index contributed by atoms with van der Waals surface area (Å²) in [5, 5.41) is 3.64. The van der Waals surface area contributed by atoms with E-state index >= 15 is 0 Å². The fourth-order valence-electron chi connectivity index (χ4n) is 7.49. The van der Waals surface area contributed by atoms with E-state index in [0.29, 0.717) is 34.9 Å². The van der Waals surface area contributed by atoms with Crippen LogP contribution < -0.4 is 10.1 Å². The van der Waals surface area contributed by atoms with Gasteiger partial charge in [0.15, 0.2) is 0 Å². The summed E-state index contributed by atoms with van der Waals surface area (Å²) in [6.07, 6.45) is 8.59. The van der Waals surface area contributed by atoms with Gasteiger partial charge in [-0.2, -0.15) is 0 Å². The number of fused-ring (bicyclic) bond motifs is 7. The molecule has 3 aliphatic carbocycles. The number of benzene rings is 2. The number of amides is 1. The maximum absolute atomic E-state index is 13.4. The van der Waals surface area contributed by atoms with Crippen molar-refractivity contribution < 1.29 is 19.1 Å². The highest BCUT2D eigenvalue weighted by Crippen LogP contribution is 2.63. The van der Waals surface area contributed by atoms with Crippen LogP contribution in [0.5, 0.6) is 5.75 Å². The van der Waals surface area contributed by atoms with E-state index in [1.165, 1.54) is 22.1 Å². The molecule has 6 rings (SSSR count). The summed E-state index contributed by atoms with van der Waals surface area (Å²) in [5.74, 6) is 1.95. The van der Waals surface area contributed by atoms with E-state index in [1.54, 1.807) is 24.5 Å². The molecule has 202 valence electrons. The quantitative estimate of drug-likeness (QED) is 0.266. The number of anilines is 1. The standard InChI is InChI=1S/C33H35NO4S/c1-4-38-32(36)29-30-27(39-31(29)34-28(35)15-10-20-8-6-5-7-9-20)19-26-25-13-11-21-18-22(37-3)12-14-23(21)24(25)16-17-33(26,30)2/h5-10,12,14-15,18,24-26H,4,11,13,16-17,19H2,1-3H3,(H,34,35)/b15-10+/t24-,25+,26+,33+/m1/s1. The van der Waals surface area contributed by atoms with Gasteiger partial charge in [0.2, 0.25) is 5.91 Å². The van der Waals surface area contributed by atoms with Crippen molar-refractivity contribution >= 4 is 34.3 Å². The number of ether oxygens (including phenoxy) is 2. The van der Waals surface area contributed by atoms with Gasteiger partial charge in [0.1, 0.15) is 10.8 Å². The molecular weight excluding hydrogens is 506 g/mol. The predicted octanol–water partition coefficient (Wildman–Crippen LogP) is 7.16. The predicted molar refractivity (Wildman–Crippen MR) is 156 cm³/mol. The minimum absolute atomic E-state index is 0.109. The van der Waals surface area contributed by atoms with Crippen molar-refractivity contribution in [1.29, 1.82) is 0 Å². The van der Waals surface area contributed by atoms with Gasteiger partial charge in [-0.05, 0) is 103 Å². The summed E-state index contributed by atoms with van der Waals surface area (Å²) in [4.78, 5) is 27.5. The molecular formula is C33H35NO4S. The zero-order valence-corrected chi connectivity index (χ0v) is 23.6. The summed E-state index contributed by atoms with van der Waals surface area (Å²) in [6.45, 7) is 4.48. The van der Waals surface area contributed by atoms with E-state index in [2.05, 4.69) is 30.4 Å². The Balaban J connectivity index is 1.31. The van der Waals surface area contributed by atoms with E-state index in [4.69, 9.17) is 9.47 Å². The highest BCUT2D eigenvalue weighted by Gasteiger charge is 2.55. The van der Waals surface area contributed by atoms with Crippen LogP contribution in [0.4, 0.5) is 5.00 Å². The third-order valence-corrected chi connectivity index (χ3v) is 10.4. The number of carbonyl (C=O) groups is 2. The number of nitrogens with one attached hydrogen (secondary N) is 1. The van der Waals surface area contributed by atoms with Gasteiger partial charge in [-0.3, -0.25) is 4.79 Å². The molecule has 0 unspecified atom stereocenters. The Labute approximate surface area is 234 Å². The van der Waals surface area contributed by atoms with Crippen LogP contribution in [0.3, 0.4) is 0 Å². The first-order valence-corrected chi connectivity index (χ1v) is 14.8. The number of esters is 1. The Morgan fingerprint density at radius 3 is 2.74 bits per heavy atom. The van der Waals surface area contributed by atoms with Gasteiger partial charge in [0, 0.05) is 11.0 Å². The molecule has 1 heterocycles. The van der Waals surface area contributed by atoms with Gasteiger partial charge in [0.25, 0.3) is 0 Å². The summed E-state index contributed by atoms with van der Waals surface area (Å²) in [7, 11) is 1.73. The van der Waals surface area contributed by atoms with Gasteiger partial charge in [0.05, 0.1) is 19.3 Å². The van der Waals surface area contributed by atoms with Crippen LogP contribution in [0.2, 0.25) is 0 Å². The molecule has 1 aromatic heterocycles. The van der Waals surface area contributed by atoms with Crippen LogP contribution in [-0.2, 0) is 27.8 Å². The lowest BCUT2D eigenvalue weighted by Gasteiger charge is -2.49. The van der Waals surface area contributed by atoms with Gasteiger partial charge in [-0.1, -0.05) is 43.3 Å². The number of thiophene rings is 1. The second-order valence-electron chi connectivity index (χ2n) is 11.2. The Kier molecular flexibility index (Phi) is 6.84. The lowest BCUT2D eigenvalue weighted by molar-refractivity contribution is -0.111. The molecule has 1 amide bonds. The van der Waals surface area contributed by atoms with Crippen LogP contribution in [0.15, 0.2) is 54.6 Å². The van der Waals surface area contributed by atoms with E-state index < -0.39 is 0 Å². The largest absolute Gasteiger partial charge is 0.497 e. The lowest BCUT2D eigenvalue weighted by Crippen LogP contribution is -2.43. The average molecular weight is 542 g/mol. The van der Waals surface area contributed by atoms with Gasteiger partial charge >= 0.3 is 5.97 Å². The van der Waals surface area contributed by atoms with Crippen molar-refractivity contribution in [3.8, 4) is 5.75 Å². The van der Waals surface area contributed by atoms with Crippen LogP contribution >= 0.6 is 11.3 Å². The average Bonchev–Trinajstić information content (AvgIpc) is 3.45. The minimum Gasteiger partial charge on any atom is -0.497 e. The first-order chi connectivity index (χ1) is 18.9. The second kappa shape index (κ2) is 10.3. The third kappa shape index (κ3) is 4.49. The number of rotatable bonds is 6. The van der Waals surface area contributed by atoms with Crippen molar-refractivity contribution in [2.75, 3.05) is 19.0 Å². The van der Waals surface area contributed by atoms with Crippen LogP contribution in [0.25, 0.3) is 6.08 Å². The molecule has 0 radical (unpaired) electrons. The molecule has 1 N–H and O–H groups in total. The molecule has 0 aliphatic heterocycles. The van der Waals surface area contributed by atoms with Crippen LogP contribution in [-0.4, -0.2) is 25.6 Å². The van der Waals surface area contributed by atoms with Gasteiger partial charge in [-0.25, -0.2) is 4.79 Å². The number of methoxy groups -OCH3 is 1. The number of aryl methyl sites for hydroxylation is 1. The smallest absolute Gasteiger partial charge is 0.341 e. The molecule has 5 nitrogen and oxygen atoms in total. The normalized spacial score (nSPS) is 24.8. The Hall–Kier alpha value is -3.38. The summed E-state index contributed by atoms with van der Waals surface area (Å²) >= 11 is 1.56. The summed E-state index contributed by atoms with van der Waals surface area (Å²) in [6, 6.07) is 16.3. The molecule has 1 saturated carbocycles. The molecule has 2 aromatic carbocycles. The molecule has 39 heavy (non-hydrogen) atoms. The highest BCUT2D eigenvalue weighted by molar-refractivity contribution is 7.17. The maximum Gasteiger partial charge on any atom is 0.341 e. The first kappa shape index (κ1) is 25.9. The van der Waals surface area contributed by atoms with Crippen molar-refractivity contribution in [3.63, 3.8) is 0 Å². The van der Waals surface area contributed by atoms with E-state index in [-0.39, 0.29) is 17.3 Å². The lowest BCUT2D eigenvalue weighted by atomic mass is 9.54. The SMILES string of the molecule is CCOC(=O)c1c(NC(=O)/C=C/c2ccccc2)sc2c1[C@@]1(C)CC[C@@H]3c4ccc(OC)cc4CC[C@@H]3[C@@H]1C2. The van der Waals surface area contributed by atoms with Crippen LogP contribution in [0.1, 0.15) is 76.5 Å². The number of hydrogen-bond acceptors (Lipinski definition) is 5. The maximum atomic E-state index is 13.4.